The smallest absolute Gasteiger partial charge is 0.224 e. The molecule has 0 saturated heterocycles. The zero-order valence-corrected chi connectivity index (χ0v) is 14.7. The van der Waals surface area contributed by atoms with Crippen molar-refractivity contribution in [1.29, 1.82) is 0 Å². The zero-order chi connectivity index (χ0) is 17.5. The molecule has 0 aliphatic heterocycles. The largest absolute Gasteiger partial charge is 0.494 e. The minimum atomic E-state index is 0.104. The summed E-state index contributed by atoms with van der Waals surface area (Å²) < 4.78 is 11.2. The molecule has 0 unspecified atom stereocenters. The van der Waals surface area contributed by atoms with Gasteiger partial charge in [-0.1, -0.05) is 12.8 Å². The van der Waals surface area contributed by atoms with Crippen molar-refractivity contribution in [2.24, 2.45) is 5.92 Å². The number of carbonyl (C=O) groups is 1. The summed E-state index contributed by atoms with van der Waals surface area (Å²) in [5.41, 5.74) is 0.807. The van der Waals surface area contributed by atoms with Gasteiger partial charge in [0.2, 0.25) is 5.91 Å². The fourth-order valence-electron chi connectivity index (χ4n) is 3.20. The van der Waals surface area contributed by atoms with Gasteiger partial charge in [0.15, 0.2) is 0 Å². The van der Waals surface area contributed by atoms with Crippen LogP contribution in [-0.2, 0) is 4.79 Å². The number of benzene rings is 2. The second-order valence-electron chi connectivity index (χ2n) is 6.43. The van der Waals surface area contributed by atoms with E-state index >= 15 is 0 Å². The predicted molar refractivity (Wildman–Crippen MR) is 99.3 cm³/mol. The average Bonchev–Trinajstić information content (AvgIpc) is 3.11. The monoisotopic (exact) mass is 339 g/mol. The lowest BCUT2D eigenvalue weighted by atomic mass is 10.0. The lowest BCUT2D eigenvalue weighted by Crippen LogP contribution is -2.14. The molecular formula is C21H25NO3. The summed E-state index contributed by atoms with van der Waals surface area (Å²) in [4.78, 5) is 12.1. The Morgan fingerprint density at radius 2 is 1.52 bits per heavy atom. The second kappa shape index (κ2) is 8.56. The number of hydrogen-bond donors (Lipinski definition) is 1. The van der Waals surface area contributed by atoms with E-state index in [0.717, 1.165) is 22.9 Å². The topological polar surface area (TPSA) is 47.6 Å². The third kappa shape index (κ3) is 5.24. The van der Waals surface area contributed by atoms with Crippen molar-refractivity contribution in [3.63, 3.8) is 0 Å². The van der Waals surface area contributed by atoms with Crippen molar-refractivity contribution in [3.8, 4) is 17.2 Å². The summed E-state index contributed by atoms with van der Waals surface area (Å²) >= 11 is 0. The Kier molecular flexibility index (Phi) is 5.94. The van der Waals surface area contributed by atoms with Crippen molar-refractivity contribution in [3.05, 3.63) is 48.5 Å². The molecule has 25 heavy (non-hydrogen) atoms. The zero-order valence-electron chi connectivity index (χ0n) is 14.7. The molecule has 0 atom stereocenters. The normalized spacial score (nSPS) is 14.3. The van der Waals surface area contributed by atoms with E-state index in [9.17, 15) is 4.79 Å². The summed E-state index contributed by atoms with van der Waals surface area (Å²) in [6, 6.07) is 15.0. The molecule has 3 rings (SSSR count). The Bertz CT molecular complexity index is 673. The summed E-state index contributed by atoms with van der Waals surface area (Å²) in [6.07, 6.45) is 5.51. The van der Waals surface area contributed by atoms with E-state index in [2.05, 4.69) is 5.32 Å². The highest BCUT2D eigenvalue weighted by Crippen LogP contribution is 2.28. The van der Waals surface area contributed by atoms with E-state index < -0.39 is 0 Å². The minimum Gasteiger partial charge on any atom is -0.494 e. The van der Waals surface area contributed by atoms with Gasteiger partial charge in [-0.25, -0.2) is 0 Å². The molecule has 4 heteroatoms. The minimum absolute atomic E-state index is 0.104. The third-order valence-electron chi connectivity index (χ3n) is 4.46. The van der Waals surface area contributed by atoms with Crippen LogP contribution in [0.25, 0.3) is 0 Å². The van der Waals surface area contributed by atoms with Crippen LogP contribution in [0.1, 0.15) is 39.0 Å². The molecule has 4 nitrogen and oxygen atoms in total. The van der Waals surface area contributed by atoms with Gasteiger partial charge in [-0.2, -0.15) is 0 Å². The highest BCUT2D eigenvalue weighted by atomic mass is 16.5. The number of rotatable bonds is 7. The van der Waals surface area contributed by atoms with Crippen LogP contribution in [0.15, 0.2) is 48.5 Å². The fraction of sp³-hybridized carbons (Fsp3) is 0.381. The van der Waals surface area contributed by atoms with Crippen LogP contribution in [-0.4, -0.2) is 12.5 Å². The van der Waals surface area contributed by atoms with Crippen LogP contribution in [0, 0.1) is 5.92 Å². The first-order chi connectivity index (χ1) is 12.2. The van der Waals surface area contributed by atoms with Gasteiger partial charge in [0.25, 0.3) is 0 Å². The molecule has 1 N–H and O–H groups in total. The molecule has 0 heterocycles. The molecule has 0 bridgehead atoms. The molecule has 1 fully saturated rings. The number of carbonyl (C=O) groups excluding carboxylic acids is 1. The quantitative estimate of drug-likeness (QED) is 0.735. The molecule has 1 amide bonds. The first-order valence-electron chi connectivity index (χ1n) is 9.03. The Hall–Kier alpha value is -2.49. The van der Waals surface area contributed by atoms with Crippen molar-refractivity contribution >= 4 is 11.6 Å². The molecule has 1 saturated carbocycles. The Balaban J connectivity index is 1.51. The van der Waals surface area contributed by atoms with E-state index in [1.165, 1.54) is 25.7 Å². The molecule has 1 aliphatic carbocycles. The van der Waals surface area contributed by atoms with Crippen LogP contribution in [0.5, 0.6) is 17.2 Å². The molecule has 0 radical (unpaired) electrons. The molecular weight excluding hydrogens is 314 g/mol. The van der Waals surface area contributed by atoms with Gasteiger partial charge in [-0.05, 0) is 74.2 Å². The highest BCUT2D eigenvalue weighted by molar-refractivity contribution is 5.90. The molecule has 1 aliphatic rings. The predicted octanol–water partition coefficient (Wildman–Crippen LogP) is 5.40. The van der Waals surface area contributed by atoms with Crippen LogP contribution in [0.4, 0.5) is 5.69 Å². The van der Waals surface area contributed by atoms with Crippen LogP contribution < -0.4 is 14.8 Å². The first-order valence-corrected chi connectivity index (χ1v) is 9.03. The summed E-state index contributed by atoms with van der Waals surface area (Å²) in [5.74, 6) is 2.98. The number of anilines is 1. The first kappa shape index (κ1) is 17.3. The van der Waals surface area contributed by atoms with Crippen molar-refractivity contribution in [2.75, 3.05) is 11.9 Å². The Morgan fingerprint density at radius 1 is 0.960 bits per heavy atom. The van der Waals surface area contributed by atoms with Gasteiger partial charge in [-0.3, -0.25) is 4.79 Å². The van der Waals surface area contributed by atoms with E-state index in [1.807, 2.05) is 55.5 Å². The van der Waals surface area contributed by atoms with Gasteiger partial charge in [0.05, 0.1) is 6.61 Å². The molecule has 0 aromatic heterocycles. The number of hydrogen-bond acceptors (Lipinski definition) is 3. The van der Waals surface area contributed by atoms with Crippen LogP contribution in [0.2, 0.25) is 0 Å². The van der Waals surface area contributed by atoms with E-state index in [4.69, 9.17) is 9.47 Å². The van der Waals surface area contributed by atoms with Gasteiger partial charge in [0, 0.05) is 12.1 Å². The van der Waals surface area contributed by atoms with Gasteiger partial charge in [0.1, 0.15) is 17.2 Å². The maximum Gasteiger partial charge on any atom is 0.224 e. The third-order valence-corrected chi connectivity index (χ3v) is 4.46. The van der Waals surface area contributed by atoms with Crippen LogP contribution >= 0.6 is 0 Å². The van der Waals surface area contributed by atoms with Gasteiger partial charge < -0.3 is 14.8 Å². The molecule has 2 aromatic carbocycles. The second-order valence-corrected chi connectivity index (χ2v) is 6.43. The standard InChI is InChI=1S/C21H25NO3/c1-2-24-18-11-13-20(14-12-18)25-19-9-7-17(8-10-19)22-21(23)15-16-5-3-4-6-16/h7-14,16H,2-6,15H2,1H3,(H,22,23). The summed E-state index contributed by atoms with van der Waals surface area (Å²) in [7, 11) is 0. The highest BCUT2D eigenvalue weighted by Gasteiger charge is 2.18. The molecule has 2 aromatic rings. The summed E-state index contributed by atoms with van der Waals surface area (Å²) in [6.45, 7) is 2.60. The average molecular weight is 339 g/mol. The maximum atomic E-state index is 12.1. The Labute approximate surface area is 149 Å². The van der Waals surface area contributed by atoms with Gasteiger partial charge in [-0.15, -0.1) is 0 Å². The van der Waals surface area contributed by atoms with Crippen molar-refractivity contribution in [2.45, 2.75) is 39.0 Å². The van der Waals surface area contributed by atoms with E-state index in [-0.39, 0.29) is 5.91 Å². The molecule has 0 spiro atoms. The van der Waals surface area contributed by atoms with Crippen molar-refractivity contribution in [1.82, 2.24) is 0 Å². The lowest BCUT2D eigenvalue weighted by molar-refractivity contribution is -0.117. The van der Waals surface area contributed by atoms with Gasteiger partial charge >= 0.3 is 0 Å². The fourth-order valence-corrected chi connectivity index (χ4v) is 3.20. The maximum absolute atomic E-state index is 12.1. The van der Waals surface area contributed by atoms with Crippen LogP contribution in [0.3, 0.4) is 0 Å². The Morgan fingerprint density at radius 3 is 2.12 bits per heavy atom. The summed E-state index contributed by atoms with van der Waals surface area (Å²) in [5, 5.41) is 2.97. The SMILES string of the molecule is CCOc1ccc(Oc2ccc(NC(=O)CC3CCCC3)cc2)cc1. The van der Waals surface area contributed by atoms with E-state index in [0.29, 0.717) is 18.9 Å². The van der Waals surface area contributed by atoms with E-state index in [1.54, 1.807) is 0 Å². The lowest BCUT2D eigenvalue weighted by Gasteiger charge is -2.11. The number of ether oxygens (including phenoxy) is 2. The number of amides is 1. The number of nitrogens with one attached hydrogen (secondary N) is 1. The molecule has 132 valence electrons. The van der Waals surface area contributed by atoms with Crippen molar-refractivity contribution < 1.29 is 14.3 Å².